The average molecular weight is 485 g/mol. The van der Waals surface area contributed by atoms with Crippen molar-refractivity contribution in [3.63, 3.8) is 0 Å². The fourth-order valence-corrected chi connectivity index (χ4v) is 4.97. The molecule has 0 spiro atoms. The average Bonchev–Trinajstić information content (AvgIpc) is 3.18. The number of alkyl carbamates (subject to hydrolysis) is 1. The second-order valence-electron chi connectivity index (χ2n) is 8.29. The number of amides is 2. The number of morpholine rings is 1. The van der Waals surface area contributed by atoms with Crippen LogP contribution in [0.5, 0.6) is 0 Å². The van der Waals surface area contributed by atoms with E-state index in [2.05, 4.69) is 17.4 Å². The lowest BCUT2D eigenvalue weighted by atomic mass is 9.98. The number of fused-ring (bicyclic) bond motifs is 3. The summed E-state index contributed by atoms with van der Waals surface area (Å²) < 4.78 is 10.8. The Morgan fingerprint density at radius 1 is 1.15 bits per heavy atom. The molecule has 9 heteroatoms. The second-order valence-corrected chi connectivity index (χ2v) is 9.27. The van der Waals surface area contributed by atoms with Gasteiger partial charge >= 0.3 is 12.1 Å². The number of ether oxygens (including phenoxy) is 2. The summed E-state index contributed by atoms with van der Waals surface area (Å²) in [7, 11) is 0. The van der Waals surface area contributed by atoms with Gasteiger partial charge in [-0.15, -0.1) is 0 Å². The normalized spacial score (nSPS) is 18.0. The molecular formula is C25H28N2O6S. The van der Waals surface area contributed by atoms with Gasteiger partial charge in [0.2, 0.25) is 5.91 Å². The smallest absolute Gasteiger partial charge is 0.407 e. The third-order valence-electron chi connectivity index (χ3n) is 6.20. The molecule has 34 heavy (non-hydrogen) atoms. The maximum absolute atomic E-state index is 13.1. The molecule has 2 aliphatic rings. The van der Waals surface area contributed by atoms with E-state index in [1.54, 1.807) is 11.8 Å². The number of thioether (sulfide) groups is 1. The van der Waals surface area contributed by atoms with E-state index in [0.29, 0.717) is 12.2 Å². The van der Waals surface area contributed by atoms with E-state index in [1.165, 1.54) is 4.90 Å². The lowest BCUT2D eigenvalue weighted by Crippen LogP contribution is -2.55. The summed E-state index contributed by atoms with van der Waals surface area (Å²) in [5.74, 6) is -0.846. The summed E-state index contributed by atoms with van der Waals surface area (Å²) in [5, 5.41) is 11.9. The van der Waals surface area contributed by atoms with Crippen molar-refractivity contribution in [3.8, 4) is 11.1 Å². The van der Waals surface area contributed by atoms with E-state index in [9.17, 15) is 19.5 Å². The van der Waals surface area contributed by atoms with Gasteiger partial charge in [-0.3, -0.25) is 4.79 Å². The minimum Gasteiger partial charge on any atom is -0.479 e. The molecule has 2 atom stereocenters. The predicted molar refractivity (Wildman–Crippen MR) is 129 cm³/mol. The van der Waals surface area contributed by atoms with Crippen molar-refractivity contribution < 1.29 is 29.0 Å². The van der Waals surface area contributed by atoms with Gasteiger partial charge in [0.25, 0.3) is 0 Å². The highest BCUT2D eigenvalue weighted by Gasteiger charge is 2.34. The van der Waals surface area contributed by atoms with Crippen molar-refractivity contribution in [1.82, 2.24) is 10.2 Å². The molecule has 0 bridgehead atoms. The lowest BCUT2D eigenvalue weighted by Gasteiger charge is -2.33. The zero-order chi connectivity index (χ0) is 24.1. The summed E-state index contributed by atoms with van der Waals surface area (Å²) in [5.41, 5.74) is 4.50. The Bertz CT molecular complexity index is 1020. The molecule has 2 N–H and O–H groups in total. The first-order chi connectivity index (χ1) is 16.5. The van der Waals surface area contributed by atoms with E-state index in [0.717, 1.165) is 22.3 Å². The number of hydrogen-bond donors (Lipinski definition) is 2. The minimum absolute atomic E-state index is 0.0453. The maximum atomic E-state index is 13.1. The summed E-state index contributed by atoms with van der Waals surface area (Å²) in [6.07, 6.45) is 0.612. The predicted octanol–water partition coefficient (Wildman–Crippen LogP) is 2.96. The number of carboxylic acid groups (broad SMARTS) is 1. The van der Waals surface area contributed by atoms with Crippen molar-refractivity contribution in [2.24, 2.45) is 0 Å². The van der Waals surface area contributed by atoms with Crippen LogP contribution in [0.25, 0.3) is 11.1 Å². The molecule has 2 aromatic carbocycles. The van der Waals surface area contributed by atoms with Crippen LogP contribution >= 0.6 is 11.8 Å². The fraction of sp³-hybridized carbons (Fsp3) is 0.400. The number of aliphatic carboxylic acids is 1. The standard InChI is InChI=1S/C25H28N2O6S/c1-34-13-10-21(23(28)27-11-12-32-22(14-27)24(29)30)26-25(31)33-15-20-18-8-4-2-6-16(18)17-7-3-5-9-19(17)20/h2-9,20-22H,10-15H2,1H3,(H,26,31)(H,29,30)/t21-,22?/m1/s1. The van der Waals surface area contributed by atoms with Crippen molar-refractivity contribution >= 4 is 29.7 Å². The van der Waals surface area contributed by atoms with Gasteiger partial charge in [-0.25, -0.2) is 9.59 Å². The summed E-state index contributed by atoms with van der Waals surface area (Å²) in [6.45, 7) is 0.534. The molecule has 0 radical (unpaired) electrons. The van der Waals surface area contributed by atoms with Crippen LogP contribution in [0.15, 0.2) is 48.5 Å². The molecule has 0 saturated carbocycles. The SMILES string of the molecule is CSCC[C@@H](NC(=O)OCC1c2ccccc2-c2ccccc21)C(=O)N1CCOC(C(=O)O)C1. The van der Waals surface area contributed by atoms with E-state index in [1.807, 2.05) is 42.7 Å². The zero-order valence-corrected chi connectivity index (χ0v) is 19.8. The Morgan fingerprint density at radius 3 is 2.41 bits per heavy atom. The van der Waals surface area contributed by atoms with Gasteiger partial charge in [-0.1, -0.05) is 48.5 Å². The number of benzene rings is 2. The van der Waals surface area contributed by atoms with Crippen molar-refractivity contribution in [1.29, 1.82) is 0 Å². The molecule has 4 rings (SSSR count). The lowest BCUT2D eigenvalue weighted by molar-refractivity contribution is -0.160. The van der Waals surface area contributed by atoms with Gasteiger partial charge in [0, 0.05) is 12.5 Å². The summed E-state index contributed by atoms with van der Waals surface area (Å²) >= 11 is 1.56. The van der Waals surface area contributed by atoms with Crippen molar-refractivity contribution in [3.05, 3.63) is 59.7 Å². The molecule has 1 saturated heterocycles. The Labute approximate surface area is 202 Å². The molecule has 1 aliphatic carbocycles. The maximum Gasteiger partial charge on any atom is 0.407 e. The molecule has 1 fully saturated rings. The van der Waals surface area contributed by atoms with Crippen LogP contribution in [0, 0.1) is 0 Å². The van der Waals surface area contributed by atoms with E-state index < -0.39 is 24.2 Å². The van der Waals surface area contributed by atoms with Crippen molar-refractivity contribution in [2.75, 3.05) is 38.3 Å². The first-order valence-corrected chi connectivity index (χ1v) is 12.6. The topological polar surface area (TPSA) is 105 Å². The minimum atomic E-state index is -1.11. The molecule has 8 nitrogen and oxygen atoms in total. The van der Waals surface area contributed by atoms with Crippen LogP contribution in [0.2, 0.25) is 0 Å². The first-order valence-electron chi connectivity index (χ1n) is 11.2. The molecule has 2 amide bonds. The number of nitrogens with one attached hydrogen (secondary N) is 1. The van der Waals surface area contributed by atoms with Gasteiger partial charge in [0.05, 0.1) is 13.2 Å². The monoisotopic (exact) mass is 484 g/mol. The second kappa shape index (κ2) is 10.9. The number of carbonyl (C=O) groups is 3. The first kappa shape index (κ1) is 24.1. The Balaban J connectivity index is 1.41. The van der Waals surface area contributed by atoms with Crippen LogP contribution in [0.4, 0.5) is 4.79 Å². The highest BCUT2D eigenvalue weighted by atomic mass is 32.2. The number of rotatable bonds is 8. The third kappa shape index (κ3) is 5.20. The van der Waals surface area contributed by atoms with Gasteiger partial charge in [-0.05, 0) is 40.7 Å². The van der Waals surface area contributed by atoms with E-state index >= 15 is 0 Å². The number of carboxylic acids is 1. The molecule has 2 aromatic rings. The molecule has 1 aliphatic heterocycles. The van der Waals surface area contributed by atoms with Crippen LogP contribution < -0.4 is 5.32 Å². The van der Waals surface area contributed by atoms with Gasteiger partial charge in [-0.2, -0.15) is 11.8 Å². The third-order valence-corrected chi connectivity index (χ3v) is 6.84. The Morgan fingerprint density at radius 2 is 1.79 bits per heavy atom. The van der Waals surface area contributed by atoms with Crippen molar-refractivity contribution in [2.45, 2.75) is 24.5 Å². The Kier molecular flexibility index (Phi) is 7.74. The highest BCUT2D eigenvalue weighted by molar-refractivity contribution is 7.98. The quantitative estimate of drug-likeness (QED) is 0.594. The van der Waals surface area contributed by atoms with E-state index in [-0.39, 0.29) is 38.1 Å². The fourth-order valence-electron chi connectivity index (χ4n) is 4.49. The zero-order valence-electron chi connectivity index (χ0n) is 18.9. The van der Waals surface area contributed by atoms with Crippen LogP contribution in [-0.4, -0.2) is 78.4 Å². The molecule has 0 aromatic heterocycles. The van der Waals surface area contributed by atoms with Gasteiger partial charge in [0.15, 0.2) is 6.10 Å². The van der Waals surface area contributed by atoms with Gasteiger partial charge < -0.3 is 24.8 Å². The van der Waals surface area contributed by atoms with Crippen LogP contribution in [-0.2, 0) is 19.1 Å². The van der Waals surface area contributed by atoms with Crippen LogP contribution in [0.3, 0.4) is 0 Å². The number of carbonyl (C=O) groups excluding carboxylic acids is 2. The molecule has 180 valence electrons. The molecule has 1 heterocycles. The Hall–Kier alpha value is -3.04. The van der Waals surface area contributed by atoms with Gasteiger partial charge in [0.1, 0.15) is 12.6 Å². The number of nitrogens with zero attached hydrogens (tertiary/aromatic N) is 1. The van der Waals surface area contributed by atoms with E-state index in [4.69, 9.17) is 9.47 Å². The summed E-state index contributed by atoms with van der Waals surface area (Å²) in [4.78, 5) is 38.5. The summed E-state index contributed by atoms with van der Waals surface area (Å²) in [6, 6.07) is 15.4. The molecule has 1 unspecified atom stereocenters. The largest absolute Gasteiger partial charge is 0.479 e. The van der Waals surface area contributed by atoms with Crippen LogP contribution in [0.1, 0.15) is 23.5 Å². The highest BCUT2D eigenvalue weighted by Crippen LogP contribution is 2.44. The number of hydrogen-bond acceptors (Lipinski definition) is 6. The molecular weight excluding hydrogens is 456 g/mol.